The summed E-state index contributed by atoms with van der Waals surface area (Å²) >= 11 is 2.13. The van der Waals surface area contributed by atoms with E-state index >= 15 is 0 Å². The second-order valence-electron chi connectivity index (χ2n) is 4.02. The van der Waals surface area contributed by atoms with E-state index in [1.807, 2.05) is 0 Å². The van der Waals surface area contributed by atoms with Gasteiger partial charge in [0.1, 0.15) is 4.05 Å². The van der Waals surface area contributed by atoms with E-state index in [4.69, 9.17) is 5.11 Å². The van der Waals surface area contributed by atoms with Crippen LogP contribution in [0.3, 0.4) is 0 Å². The van der Waals surface area contributed by atoms with Gasteiger partial charge in [0, 0.05) is 12.1 Å². The number of aryl methyl sites for hydroxylation is 1. The van der Waals surface area contributed by atoms with Crippen LogP contribution in [-0.4, -0.2) is 21.0 Å². The number of carboxylic acids is 1. The van der Waals surface area contributed by atoms with Gasteiger partial charge in [0.05, 0.1) is 5.56 Å². The molecule has 1 heterocycles. The predicted octanol–water partition coefficient (Wildman–Crippen LogP) is 2.61. The first-order valence-electron chi connectivity index (χ1n) is 5.49. The Balaban J connectivity index is 2.48. The van der Waals surface area contributed by atoms with Gasteiger partial charge in [0.2, 0.25) is 5.91 Å². The number of alkyl halides is 1. The third-order valence-electron chi connectivity index (χ3n) is 2.90. The van der Waals surface area contributed by atoms with Crippen LogP contribution in [0.2, 0.25) is 0 Å². The van der Waals surface area contributed by atoms with Gasteiger partial charge in [-0.2, -0.15) is 0 Å². The second kappa shape index (κ2) is 5.09. The lowest BCUT2D eigenvalue weighted by Crippen LogP contribution is -2.39. The molecule has 0 aliphatic carbocycles. The van der Waals surface area contributed by atoms with Crippen LogP contribution < -0.4 is 4.90 Å². The standard InChI is InChI=1S/C13H12INO3/c1-2-11(14)15-10-5-3-9(13(17)18)7-8(10)4-6-12(15)16/h2-3,5,7,11H,1,4,6H2,(H,17,18). The van der Waals surface area contributed by atoms with Gasteiger partial charge in [-0.3, -0.25) is 9.69 Å². The van der Waals surface area contributed by atoms with E-state index in [2.05, 4.69) is 29.2 Å². The normalized spacial score (nSPS) is 16.1. The molecule has 2 rings (SSSR count). The molecule has 1 unspecified atom stereocenters. The van der Waals surface area contributed by atoms with Gasteiger partial charge in [0.25, 0.3) is 0 Å². The van der Waals surface area contributed by atoms with Gasteiger partial charge in [-0.1, -0.05) is 28.7 Å². The zero-order valence-electron chi connectivity index (χ0n) is 9.60. The summed E-state index contributed by atoms with van der Waals surface area (Å²) in [5, 5.41) is 8.96. The summed E-state index contributed by atoms with van der Waals surface area (Å²) in [4.78, 5) is 24.5. The Morgan fingerprint density at radius 2 is 2.22 bits per heavy atom. The van der Waals surface area contributed by atoms with E-state index in [0.717, 1.165) is 11.3 Å². The van der Waals surface area contributed by atoms with Gasteiger partial charge in [-0.05, 0) is 30.2 Å². The van der Waals surface area contributed by atoms with E-state index in [9.17, 15) is 9.59 Å². The van der Waals surface area contributed by atoms with Crippen molar-refractivity contribution in [3.05, 3.63) is 42.0 Å². The van der Waals surface area contributed by atoms with Gasteiger partial charge in [-0.25, -0.2) is 4.79 Å². The third-order valence-corrected chi connectivity index (χ3v) is 3.97. The Labute approximate surface area is 118 Å². The number of hydrogen-bond donors (Lipinski definition) is 1. The number of halogens is 1. The molecule has 1 aromatic carbocycles. The van der Waals surface area contributed by atoms with Crippen LogP contribution >= 0.6 is 22.6 Å². The lowest BCUT2D eigenvalue weighted by Gasteiger charge is -2.32. The molecule has 5 heteroatoms. The molecule has 1 N–H and O–H groups in total. The quantitative estimate of drug-likeness (QED) is 0.392. The van der Waals surface area contributed by atoms with Crippen LogP contribution in [0.25, 0.3) is 0 Å². The van der Waals surface area contributed by atoms with Gasteiger partial charge >= 0.3 is 5.97 Å². The fourth-order valence-electron chi connectivity index (χ4n) is 2.03. The SMILES string of the molecule is C=CC(I)N1C(=O)CCc2cc(C(=O)O)ccc21. The molecule has 0 saturated carbocycles. The van der Waals surface area contributed by atoms with Crippen molar-refractivity contribution in [1.82, 2.24) is 0 Å². The van der Waals surface area contributed by atoms with Crippen LogP contribution in [0.15, 0.2) is 30.9 Å². The van der Waals surface area contributed by atoms with Crippen LogP contribution in [0.5, 0.6) is 0 Å². The molecule has 0 saturated heterocycles. The van der Waals surface area contributed by atoms with Crippen molar-refractivity contribution in [1.29, 1.82) is 0 Å². The molecule has 94 valence electrons. The zero-order valence-corrected chi connectivity index (χ0v) is 11.8. The molecule has 1 aromatic rings. The number of anilines is 1. The highest BCUT2D eigenvalue weighted by molar-refractivity contribution is 14.1. The molecule has 1 aliphatic heterocycles. The van der Waals surface area contributed by atoms with Crippen LogP contribution in [0, 0.1) is 0 Å². The van der Waals surface area contributed by atoms with Gasteiger partial charge < -0.3 is 5.11 Å². The summed E-state index contributed by atoms with van der Waals surface area (Å²) in [6.07, 6.45) is 2.69. The summed E-state index contributed by atoms with van der Waals surface area (Å²) in [7, 11) is 0. The van der Waals surface area contributed by atoms with E-state index < -0.39 is 5.97 Å². The Morgan fingerprint density at radius 1 is 1.50 bits per heavy atom. The molecule has 1 amide bonds. The molecule has 0 radical (unpaired) electrons. The largest absolute Gasteiger partial charge is 0.478 e. The summed E-state index contributed by atoms with van der Waals surface area (Å²) in [6, 6.07) is 4.87. The molecule has 4 nitrogen and oxygen atoms in total. The molecule has 0 fully saturated rings. The molecule has 0 aromatic heterocycles. The minimum Gasteiger partial charge on any atom is -0.478 e. The van der Waals surface area contributed by atoms with Crippen molar-refractivity contribution in [2.24, 2.45) is 0 Å². The van der Waals surface area contributed by atoms with Crippen molar-refractivity contribution in [2.45, 2.75) is 16.9 Å². The third kappa shape index (κ3) is 2.27. The van der Waals surface area contributed by atoms with Crippen molar-refractivity contribution in [2.75, 3.05) is 4.90 Å². The highest BCUT2D eigenvalue weighted by atomic mass is 127. The highest BCUT2D eigenvalue weighted by Crippen LogP contribution is 2.32. The number of rotatable bonds is 3. The molecule has 1 atom stereocenters. The van der Waals surface area contributed by atoms with Crippen LogP contribution in [0.4, 0.5) is 5.69 Å². The Hall–Kier alpha value is -1.37. The predicted molar refractivity (Wildman–Crippen MR) is 77.2 cm³/mol. The van der Waals surface area contributed by atoms with E-state index in [1.54, 1.807) is 23.1 Å². The van der Waals surface area contributed by atoms with E-state index in [-0.39, 0.29) is 15.5 Å². The highest BCUT2D eigenvalue weighted by Gasteiger charge is 2.28. The molecule has 1 aliphatic rings. The Kier molecular flexibility index (Phi) is 3.70. The maximum absolute atomic E-state index is 11.9. The van der Waals surface area contributed by atoms with Crippen molar-refractivity contribution in [3.63, 3.8) is 0 Å². The number of benzene rings is 1. The maximum Gasteiger partial charge on any atom is 0.335 e. The topological polar surface area (TPSA) is 57.6 Å². The number of hydrogen-bond acceptors (Lipinski definition) is 2. The first-order chi connectivity index (χ1) is 8.54. The second-order valence-corrected chi connectivity index (χ2v) is 5.30. The van der Waals surface area contributed by atoms with E-state index in [1.165, 1.54) is 6.07 Å². The number of amides is 1. The maximum atomic E-state index is 11.9. The molecule has 0 spiro atoms. The first-order valence-corrected chi connectivity index (χ1v) is 6.74. The molecular formula is C13H12INO3. The minimum absolute atomic E-state index is 0.0462. The number of nitrogens with zero attached hydrogens (tertiary/aromatic N) is 1. The Morgan fingerprint density at radius 3 is 2.83 bits per heavy atom. The summed E-state index contributed by atoms with van der Waals surface area (Å²) in [5.74, 6) is -0.902. The number of carboxylic acid groups (broad SMARTS) is 1. The fourth-order valence-corrected chi connectivity index (χ4v) is 2.64. The minimum atomic E-state index is -0.948. The number of fused-ring (bicyclic) bond motifs is 1. The van der Waals surface area contributed by atoms with Crippen molar-refractivity contribution >= 4 is 40.2 Å². The molecular weight excluding hydrogens is 345 g/mol. The van der Waals surface area contributed by atoms with Crippen LogP contribution in [-0.2, 0) is 11.2 Å². The monoisotopic (exact) mass is 357 g/mol. The summed E-state index contributed by atoms with van der Waals surface area (Å²) in [6.45, 7) is 3.69. The lowest BCUT2D eigenvalue weighted by atomic mass is 9.98. The number of aromatic carboxylic acids is 1. The average molecular weight is 357 g/mol. The Bertz CT molecular complexity index is 527. The van der Waals surface area contributed by atoms with Crippen LogP contribution in [0.1, 0.15) is 22.3 Å². The van der Waals surface area contributed by atoms with Crippen molar-refractivity contribution < 1.29 is 14.7 Å². The van der Waals surface area contributed by atoms with Gasteiger partial charge in [0.15, 0.2) is 0 Å². The van der Waals surface area contributed by atoms with Crippen molar-refractivity contribution in [3.8, 4) is 0 Å². The fraction of sp³-hybridized carbons (Fsp3) is 0.231. The van der Waals surface area contributed by atoms with Gasteiger partial charge in [-0.15, -0.1) is 6.58 Å². The van der Waals surface area contributed by atoms with E-state index in [0.29, 0.717) is 12.8 Å². The smallest absolute Gasteiger partial charge is 0.335 e. The number of carbonyl (C=O) groups excluding carboxylic acids is 1. The number of carbonyl (C=O) groups is 2. The zero-order chi connectivity index (χ0) is 13.3. The average Bonchev–Trinajstić information content (AvgIpc) is 2.37. The summed E-state index contributed by atoms with van der Waals surface area (Å²) < 4.78 is -0.121. The summed E-state index contributed by atoms with van der Waals surface area (Å²) in [5.41, 5.74) is 1.94. The molecule has 18 heavy (non-hydrogen) atoms. The molecule has 0 bridgehead atoms. The lowest BCUT2D eigenvalue weighted by molar-refractivity contribution is -0.118. The first kappa shape index (κ1) is 13.1.